The van der Waals surface area contributed by atoms with Gasteiger partial charge < -0.3 is 0 Å². The maximum Gasteiger partial charge on any atom is 0.268 e. The third-order valence-electron chi connectivity index (χ3n) is 7.18. The van der Waals surface area contributed by atoms with E-state index in [0.29, 0.717) is 16.6 Å². The van der Waals surface area contributed by atoms with Gasteiger partial charge in [-0.2, -0.15) is 5.10 Å². The number of nitrogens with zero attached hydrogens (tertiary/aromatic N) is 3. The summed E-state index contributed by atoms with van der Waals surface area (Å²) >= 11 is 0. The summed E-state index contributed by atoms with van der Waals surface area (Å²) in [5, 5.41) is 5.75. The number of rotatable bonds is 7. The van der Waals surface area contributed by atoms with E-state index in [2.05, 4.69) is 4.98 Å². The quantitative estimate of drug-likeness (QED) is 0.110. The number of pyridine rings is 1. The van der Waals surface area contributed by atoms with E-state index in [1.807, 2.05) is 125 Å². The molecule has 6 nitrogen and oxygen atoms in total. The molecule has 0 aliphatic carbocycles. The van der Waals surface area contributed by atoms with Crippen molar-refractivity contribution >= 4 is 29.0 Å². The second-order valence-corrected chi connectivity index (χ2v) is 9.55. The van der Waals surface area contributed by atoms with Gasteiger partial charge in [0.15, 0.2) is 0 Å². The summed E-state index contributed by atoms with van der Waals surface area (Å²) in [6.07, 6.45) is 7.19. The van der Waals surface area contributed by atoms with Crippen LogP contribution in [0.25, 0.3) is 23.1 Å². The summed E-state index contributed by atoms with van der Waals surface area (Å²) in [6, 6.07) is 36.7. The van der Waals surface area contributed by atoms with E-state index in [-0.39, 0.29) is 5.56 Å². The molecule has 0 unspecified atom stereocenters. The zero-order chi connectivity index (χ0) is 28.2. The number of nitrogens with two attached hydrogens (primary N) is 1. The Kier molecular flexibility index (Phi) is 6.93. The van der Waals surface area contributed by atoms with Crippen molar-refractivity contribution in [2.45, 2.75) is 5.54 Å². The van der Waals surface area contributed by atoms with Crippen molar-refractivity contribution < 1.29 is 9.18 Å². The van der Waals surface area contributed by atoms with Crippen molar-refractivity contribution in [3.05, 3.63) is 167 Å². The zero-order valence-electron chi connectivity index (χ0n) is 22.0. The number of fused-ring (bicyclic) bond motifs is 1. The molecule has 0 fully saturated rings. The first-order chi connectivity index (χ1) is 20.1. The Morgan fingerprint density at radius 2 is 1.39 bits per heavy atom. The number of hydrogen-bond donors (Lipinski definition) is 2. The minimum Gasteiger partial charge on any atom is -0.290 e. The molecule has 0 saturated carbocycles. The molecule has 2 heterocycles. The second-order valence-electron chi connectivity index (χ2n) is 9.55. The van der Waals surface area contributed by atoms with Crippen LogP contribution in [0.1, 0.15) is 38.3 Å². The zero-order valence-corrected chi connectivity index (χ0v) is 22.0. The molecule has 6 rings (SSSR count). The molecule has 4 aromatic carbocycles. The van der Waals surface area contributed by atoms with E-state index in [4.69, 9.17) is 10.9 Å². The fourth-order valence-electron chi connectivity index (χ4n) is 5.34. The van der Waals surface area contributed by atoms with Crippen LogP contribution in [0.5, 0.6) is 0 Å². The van der Waals surface area contributed by atoms with Gasteiger partial charge in [-0.05, 0) is 40.5 Å². The molecule has 0 atom stereocenters. The lowest BCUT2D eigenvalue weighted by atomic mass is 9.77. The van der Waals surface area contributed by atoms with Crippen LogP contribution >= 0.6 is 0 Å². The number of aromatic nitrogens is 3. The fourth-order valence-corrected chi connectivity index (χ4v) is 5.34. The summed E-state index contributed by atoms with van der Waals surface area (Å²) in [6.45, 7) is 0. The number of amides is 1. The molecule has 0 bridgehead atoms. The summed E-state index contributed by atoms with van der Waals surface area (Å²) in [5.74, 6) is 3.96. The molecular formula is C34H26FN5O. The Labute approximate surface area is 236 Å². The molecular weight excluding hydrogens is 513 g/mol. The van der Waals surface area contributed by atoms with Crippen LogP contribution in [0, 0.1) is 5.82 Å². The summed E-state index contributed by atoms with van der Waals surface area (Å²) in [7, 11) is 0. The van der Waals surface area contributed by atoms with Gasteiger partial charge in [0.2, 0.25) is 0 Å². The van der Waals surface area contributed by atoms with E-state index in [9.17, 15) is 4.79 Å². The molecule has 6 aromatic rings. The summed E-state index contributed by atoms with van der Waals surface area (Å²) in [5.41, 5.74) is 5.66. The third kappa shape index (κ3) is 4.58. The molecule has 0 aliphatic rings. The number of benzene rings is 4. The van der Waals surface area contributed by atoms with Gasteiger partial charge >= 0.3 is 0 Å². The van der Waals surface area contributed by atoms with Crippen molar-refractivity contribution in [3.63, 3.8) is 0 Å². The highest BCUT2D eigenvalue weighted by molar-refractivity contribution is 6.00. The number of nitrogens with one attached hydrogen (secondary N) is 1. The molecule has 7 heteroatoms. The standard InChI is InChI=1S/C34H26FN5O/c35-30-22-32-29(21-28(30)33(41)38-36)31(19-18-24-11-10-20-37-23-24)39-40(32)34(25-12-4-1-5-13-25,26-14-6-2-7-15-26)27-16-8-3-9-17-27/h1-23H,36H2,(H,38,41). The topological polar surface area (TPSA) is 85.8 Å². The van der Waals surface area contributed by atoms with Crippen molar-refractivity contribution in [2.75, 3.05) is 0 Å². The highest BCUT2D eigenvalue weighted by Crippen LogP contribution is 2.43. The molecule has 200 valence electrons. The second kappa shape index (κ2) is 11.0. The smallest absolute Gasteiger partial charge is 0.268 e. The average Bonchev–Trinajstić information content (AvgIpc) is 3.39. The Morgan fingerprint density at radius 3 is 1.90 bits per heavy atom. The molecule has 0 saturated heterocycles. The van der Waals surface area contributed by atoms with Gasteiger partial charge in [-0.15, -0.1) is 0 Å². The number of carbonyl (C=O) groups is 1. The maximum atomic E-state index is 15.6. The van der Waals surface area contributed by atoms with Gasteiger partial charge in [-0.1, -0.05) is 103 Å². The van der Waals surface area contributed by atoms with Crippen molar-refractivity contribution in [2.24, 2.45) is 5.84 Å². The van der Waals surface area contributed by atoms with Crippen LogP contribution in [0.3, 0.4) is 0 Å². The maximum absolute atomic E-state index is 15.6. The van der Waals surface area contributed by atoms with Crippen molar-refractivity contribution in [1.82, 2.24) is 20.2 Å². The SMILES string of the molecule is NNC(=O)c1cc2c(C=Cc3cccnc3)nn(C(c3ccccc3)(c3ccccc3)c3ccccc3)c2cc1F. The molecule has 1 amide bonds. The molecule has 41 heavy (non-hydrogen) atoms. The van der Waals surface area contributed by atoms with Crippen LogP contribution in [0.2, 0.25) is 0 Å². The van der Waals surface area contributed by atoms with Gasteiger partial charge in [0.25, 0.3) is 5.91 Å². The molecule has 0 spiro atoms. The van der Waals surface area contributed by atoms with Crippen LogP contribution in [-0.4, -0.2) is 20.7 Å². The minimum absolute atomic E-state index is 0.166. The molecule has 0 radical (unpaired) electrons. The largest absolute Gasteiger partial charge is 0.290 e. The monoisotopic (exact) mass is 539 g/mol. The lowest BCUT2D eigenvalue weighted by Gasteiger charge is -2.37. The number of hydrogen-bond acceptors (Lipinski definition) is 4. The Bertz CT molecular complexity index is 1740. The molecule has 2 aromatic heterocycles. The first kappa shape index (κ1) is 25.9. The lowest BCUT2D eigenvalue weighted by molar-refractivity contribution is 0.0950. The highest BCUT2D eigenvalue weighted by Gasteiger charge is 2.41. The van der Waals surface area contributed by atoms with Gasteiger partial charge in [0.05, 0.1) is 16.8 Å². The van der Waals surface area contributed by atoms with Crippen molar-refractivity contribution in [1.29, 1.82) is 0 Å². The van der Waals surface area contributed by atoms with E-state index >= 15 is 4.39 Å². The molecule has 0 aliphatic heterocycles. The lowest BCUT2D eigenvalue weighted by Crippen LogP contribution is -2.38. The predicted molar refractivity (Wildman–Crippen MR) is 159 cm³/mol. The normalized spacial score (nSPS) is 11.7. The number of halogens is 1. The van der Waals surface area contributed by atoms with E-state index in [0.717, 1.165) is 22.3 Å². The third-order valence-corrected chi connectivity index (χ3v) is 7.18. The van der Waals surface area contributed by atoms with Crippen LogP contribution in [0.4, 0.5) is 4.39 Å². The van der Waals surface area contributed by atoms with Crippen molar-refractivity contribution in [3.8, 4) is 0 Å². The first-order valence-corrected chi connectivity index (χ1v) is 13.1. The van der Waals surface area contributed by atoms with Crippen LogP contribution in [0.15, 0.2) is 128 Å². The van der Waals surface area contributed by atoms with Crippen LogP contribution < -0.4 is 11.3 Å². The van der Waals surface area contributed by atoms with E-state index in [1.165, 1.54) is 12.1 Å². The highest BCUT2D eigenvalue weighted by atomic mass is 19.1. The molecule has 3 N–H and O–H groups in total. The average molecular weight is 540 g/mol. The Hall–Kier alpha value is -5.40. The Balaban J connectivity index is 1.74. The van der Waals surface area contributed by atoms with E-state index in [1.54, 1.807) is 12.4 Å². The van der Waals surface area contributed by atoms with Gasteiger partial charge in [-0.3, -0.25) is 15.2 Å². The summed E-state index contributed by atoms with van der Waals surface area (Å²) in [4.78, 5) is 16.7. The van der Waals surface area contributed by atoms with Crippen LogP contribution in [-0.2, 0) is 5.54 Å². The summed E-state index contributed by atoms with van der Waals surface area (Å²) < 4.78 is 17.5. The Morgan fingerprint density at radius 1 is 0.805 bits per heavy atom. The van der Waals surface area contributed by atoms with Gasteiger partial charge in [0.1, 0.15) is 11.4 Å². The fraction of sp³-hybridized carbons (Fsp3) is 0.0294. The number of hydrazine groups is 1. The van der Waals surface area contributed by atoms with Gasteiger partial charge in [0, 0.05) is 23.8 Å². The predicted octanol–water partition coefficient (Wildman–Crippen LogP) is 6.18. The van der Waals surface area contributed by atoms with E-state index < -0.39 is 17.3 Å². The first-order valence-electron chi connectivity index (χ1n) is 13.1. The van der Waals surface area contributed by atoms with Gasteiger partial charge in [-0.25, -0.2) is 14.9 Å². The minimum atomic E-state index is -0.980. The number of nitrogen functional groups attached to an aromatic ring is 1. The number of carbonyl (C=O) groups excluding carboxylic acids is 1.